The average Bonchev–Trinajstić information content (AvgIpc) is 2.48. The van der Waals surface area contributed by atoms with Gasteiger partial charge in [-0.3, -0.25) is 4.79 Å². The van der Waals surface area contributed by atoms with Gasteiger partial charge in [0.05, 0.1) is 0 Å². The molecule has 3 nitrogen and oxygen atoms in total. The first-order chi connectivity index (χ1) is 10.0. The molecule has 1 heterocycles. The molecule has 0 spiro atoms. The Balaban J connectivity index is 1.85. The molecule has 2 aromatic rings. The Kier molecular flexibility index (Phi) is 3.72. The van der Waals surface area contributed by atoms with Crippen molar-refractivity contribution in [1.82, 2.24) is 4.90 Å². The fraction of sp³-hybridized carbons (Fsp3) is 0.235. The van der Waals surface area contributed by atoms with Gasteiger partial charge in [0.2, 0.25) is 0 Å². The summed E-state index contributed by atoms with van der Waals surface area (Å²) in [5.74, 6) is 0.0729. The molecule has 0 aliphatic carbocycles. The van der Waals surface area contributed by atoms with Crippen LogP contribution in [0.3, 0.4) is 0 Å². The average molecular weight is 345 g/mol. The highest BCUT2D eigenvalue weighted by Crippen LogP contribution is 2.24. The van der Waals surface area contributed by atoms with Gasteiger partial charge < -0.3 is 10.6 Å². The third kappa shape index (κ3) is 2.81. The lowest BCUT2D eigenvalue weighted by atomic mass is 9.98. The van der Waals surface area contributed by atoms with Crippen molar-refractivity contribution in [3.8, 4) is 0 Å². The minimum absolute atomic E-state index is 0.0729. The molecule has 0 atom stereocenters. The maximum atomic E-state index is 12.6. The minimum Gasteiger partial charge on any atom is -0.399 e. The number of hydrogen-bond acceptors (Lipinski definition) is 2. The van der Waals surface area contributed by atoms with Gasteiger partial charge in [0.15, 0.2) is 0 Å². The Hall–Kier alpha value is -1.81. The predicted molar refractivity (Wildman–Crippen MR) is 88.2 cm³/mol. The highest BCUT2D eigenvalue weighted by Gasteiger charge is 2.22. The molecule has 0 saturated carbocycles. The van der Waals surface area contributed by atoms with E-state index in [1.54, 1.807) is 0 Å². The fourth-order valence-electron chi connectivity index (χ4n) is 2.66. The van der Waals surface area contributed by atoms with E-state index in [2.05, 4.69) is 22.0 Å². The van der Waals surface area contributed by atoms with Crippen LogP contribution in [0, 0.1) is 6.92 Å². The van der Waals surface area contributed by atoms with Crippen molar-refractivity contribution in [2.45, 2.75) is 19.9 Å². The first-order valence-corrected chi connectivity index (χ1v) is 7.76. The number of benzene rings is 2. The zero-order valence-electron chi connectivity index (χ0n) is 11.9. The number of carbonyl (C=O) groups is 1. The van der Waals surface area contributed by atoms with E-state index in [9.17, 15) is 4.79 Å². The van der Waals surface area contributed by atoms with E-state index < -0.39 is 0 Å². The summed E-state index contributed by atoms with van der Waals surface area (Å²) >= 11 is 3.49. The Morgan fingerprint density at radius 2 is 2.00 bits per heavy atom. The zero-order valence-corrected chi connectivity index (χ0v) is 13.5. The number of rotatable bonds is 1. The lowest BCUT2D eigenvalue weighted by Crippen LogP contribution is -2.36. The summed E-state index contributed by atoms with van der Waals surface area (Å²) in [6.45, 7) is 3.39. The molecule has 3 rings (SSSR count). The van der Waals surface area contributed by atoms with Crippen molar-refractivity contribution in [2.24, 2.45) is 0 Å². The molecule has 1 aliphatic rings. The molecule has 0 fully saturated rings. The summed E-state index contributed by atoms with van der Waals surface area (Å²) in [5.41, 5.74) is 10.9. The van der Waals surface area contributed by atoms with Crippen LogP contribution in [0.5, 0.6) is 0 Å². The number of nitrogens with zero attached hydrogens (tertiary/aromatic N) is 1. The lowest BCUT2D eigenvalue weighted by molar-refractivity contribution is 0.0734. The smallest absolute Gasteiger partial charge is 0.254 e. The van der Waals surface area contributed by atoms with Gasteiger partial charge in [-0.2, -0.15) is 0 Å². The largest absolute Gasteiger partial charge is 0.399 e. The number of amides is 1. The summed E-state index contributed by atoms with van der Waals surface area (Å²) in [7, 11) is 0. The van der Waals surface area contributed by atoms with Crippen LogP contribution in [0.2, 0.25) is 0 Å². The molecule has 1 amide bonds. The van der Waals surface area contributed by atoms with Crippen molar-refractivity contribution >= 4 is 27.5 Å². The number of anilines is 1. The van der Waals surface area contributed by atoms with Crippen molar-refractivity contribution in [3.05, 3.63) is 63.1 Å². The Bertz CT molecular complexity index is 712. The molecule has 2 N–H and O–H groups in total. The van der Waals surface area contributed by atoms with Crippen LogP contribution in [-0.4, -0.2) is 17.4 Å². The number of nitrogens with two attached hydrogens (primary N) is 1. The number of fused-ring (bicyclic) bond motifs is 1. The third-order valence-electron chi connectivity index (χ3n) is 3.95. The standard InChI is InChI=1S/C17H17BrN2O/c1-11-2-3-13(9-16(11)18)17(21)20-7-6-12-4-5-15(19)8-14(12)10-20/h2-5,8-9H,6-7,10,19H2,1H3. The topological polar surface area (TPSA) is 46.3 Å². The van der Waals surface area contributed by atoms with Crippen LogP contribution in [0.1, 0.15) is 27.0 Å². The summed E-state index contributed by atoms with van der Waals surface area (Å²) in [6, 6.07) is 11.7. The predicted octanol–water partition coefficient (Wildman–Crippen LogP) is 3.54. The highest BCUT2D eigenvalue weighted by molar-refractivity contribution is 9.10. The first kappa shape index (κ1) is 14.1. The van der Waals surface area contributed by atoms with E-state index in [1.165, 1.54) is 5.56 Å². The summed E-state index contributed by atoms with van der Waals surface area (Å²) in [5, 5.41) is 0. The second-order valence-corrected chi connectivity index (χ2v) is 6.32. The van der Waals surface area contributed by atoms with Crippen molar-refractivity contribution in [1.29, 1.82) is 0 Å². The Morgan fingerprint density at radius 1 is 1.19 bits per heavy atom. The van der Waals surface area contributed by atoms with E-state index in [1.807, 2.05) is 42.2 Å². The van der Waals surface area contributed by atoms with Crippen LogP contribution in [-0.2, 0) is 13.0 Å². The van der Waals surface area contributed by atoms with E-state index in [0.717, 1.165) is 39.8 Å². The molecule has 0 saturated heterocycles. The zero-order chi connectivity index (χ0) is 15.0. The van der Waals surface area contributed by atoms with E-state index >= 15 is 0 Å². The lowest BCUT2D eigenvalue weighted by Gasteiger charge is -2.29. The van der Waals surface area contributed by atoms with Crippen LogP contribution in [0.25, 0.3) is 0 Å². The first-order valence-electron chi connectivity index (χ1n) is 6.97. The van der Waals surface area contributed by atoms with Crippen LogP contribution in [0.4, 0.5) is 5.69 Å². The molecule has 0 unspecified atom stereocenters. The quantitative estimate of drug-likeness (QED) is 0.804. The van der Waals surface area contributed by atoms with Crippen molar-refractivity contribution in [3.63, 3.8) is 0 Å². The minimum atomic E-state index is 0.0729. The normalized spacial score (nSPS) is 13.9. The molecule has 0 bridgehead atoms. The number of carbonyl (C=O) groups excluding carboxylic acids is 1. The molecular formula is C17H17BrN2O. The van der Waals surface area contributed by atoms with E-state index in [0.29, 0.717) is 6.54 Å². The second-order valence-electron chi connectivity index (χ2n) is 5.47. The second kappa shape index (κ2) is 5.53. The molecule has 0 radical (unpaired) electrons. The van der Waals surface area contributed by atoms with Crippen molar-refractivity contribution in [2.75, 3.05) is 12.3 Å². The SMILES string of the molecule is Cc1ccc(C(=O)N2CCc3ccc(N)cc3C2)cc1Br. The van der Waals surface area contributed by atoms with Gasteiger partial charge >= 0.3 is 0 Å². The molecular weight excluding hydrogens is 328 g/mol. The Morgan fingerprint density at radius 3 is 2.76 bits per heavy atom. The van der Waals surface area contributed by atoms with Gasteiger partial charge in [-0.1, -0.05) is 28.1 Å². The van der Waals surface area contributed by atoms with Gasteiger partial charge in [-0.05, 0) is 54.3 Å². The fourth-order valence-corrected chi connectivity index (χ4v) is 3.04. The maximum Gasteiger partial charge on any atom is 0.254 e. The number of hydrogen-bond donors (Lipinski definition) is 1. The molecule has 108 valence electrons. The van der Waals surface area contributed by atoms with Crippen LogP contribution in [0.15, 0.2) is 40.9 Å². The van der Waals surface area contributed by atoms with Gasteiger partial charge in [0, 0.05) is 28.8 Å². The summed E-state index contributed by atoms with van der Waals surface area (Å²) < 4.78 is 0.968. The molecule has 4 heteroatoms. The van der Waals surface area contributed by atoms with E-state index in [-0.39, 0.29) is 5.91 Å². The molecule has 21 heavy (non-hydrogen) atoms. The summed E-state index contributed by atoms with van der Waals surface area (Å²) in [6.07, 6.45) is 0.883. The van der Waals surface area contributed by atoms with Crippen molar-refractivity contribution < 1.29 is 4.79 Å². The van der Waals surface area contributed by atoms with Crippen LogP contribution >= 0.6 is 15.9 Å². The monoisotopic (exact) mass is 344 g/mol. The highest BCUT2D eigenvalue weighted by atomic mass is 79.9. The number of nitrogen functional groups attached to an aromatic ring is 1. The molecule has 2 aromatic carbocycles. The van der Waals surface area contributed by atoms with Gasteiger partial charge in [-0.25, -0.2) is 0 Å². The maximum absolute atomic E-state index is 12.6. The van der Waals surface area contributed by atoms with Gasteiger partial charge in [-0.15, -0.1) is 0 Å². The Labute approximate surface area is 132 Å². The van der Waals surface area contributed by atoms with Gasteiger partial charge in [0.25, 0.3) is 5.91 Å². The van der Waals surface area contributed by atoms with Crippen LogP contribution < -0.4 is 5.73 Å². The summed E-state index contributed by atoms with van der Waals surface area (Å²) in [4.78, 5) is 14.5. The number of halogens is 1. The number of aryl methyl sites for hydroxylation is 1. The third-order valence-corrected chi connectivity index (χ3v) is 4.80. The van der Waals surface area contributed by atoms with E-state index in [4.69, 9.17) is 5.73 Å². The van der Waals surface area contributed by atoms with Gasteiger partial charge in [0.1, 0.15) is 0 Å². The molecule has 0 aromatic heterocycles. The molecule has 1 aliphatic heterocycles.